The van der Waals surface area contributed by atoms with Crippen LogP contribution in [-0.4, -0.2) is 19.5 Å². The molecule has 0 atom stereocenters. The van der Waals surface area contributed by atoms with Crippen LogP contribution in [0.4, 0.5) is 24.7 Å². The first-order valence-corrected chi connectivity index (χ1v) is 8.51. The number of benzene rings is 2. The number of nitrogens with zero attached hydrogens (tertiary/aromatic N) is 5. The van der Waals surface area contributed by atoms with Crippen molar-refractivity contribution in [2.45, 2.75) is 13.1 Å². The molecule has 0 aliphatic carbocycles. The van der Waals surface area contributed by atoms with Crippen LogP contribution in [0.25, 0.3) is 16.9 Å². The first-order chi connectivity index (χ1) is 13.8. The minimum Gasteiger partial charge on any atom is -0.338 e. The van der Waals surface area contributed by atoms with Crippen molar-refractivity contribution in [3.63, 3.8) is 0 Å². The Kier molecular flexibility index (Phi) is 4.39. The molecular formula is C20H13F3N6. The summed E-state index contributed by atoms with van der Waals surface area (Å²) in [6, 6.07) is 13.7. The summed E-state index contributed by atoms with van der Waals surface area (Å²) in [6.07, 6.45) is -2.90. The van der Waals surface area contributed by atoms with Gasteiger partial charge in [-0.15, -0.1) is 0 Å². The van der Waals surface area contributed by atoms with Gasteiger partial charge in [0.25, 0.3) is 0 Å². The molecule has 0 aliphatic heterocycles. The fourth-order valence-electron chi connectivity index (χ4n) is 2.86. The molecule has 9 heteroatoms. The molecule has 2 aromatic carbocycles. The van der Waals surface area contributed by atoms with E-state index in [9.17, 15) is 13.2 Å². The first-order valence-electron chi connectivity index (χ1n) is 8.51. The van der Waals surface area contributed by atoms with Gasteiger partial charge in [0.15, 0.2) is 17.0 Å². The number of rotatable bonds is 3. The summed E-state index contributed by atoms with van der Waals surface area (Å²) in [5, 5.41) is 12.1. The maximum absolute atomic E-state index is 12.8. The van der Waals surface area contributed by atoms with E-state index in [4.69, 9.17) is 5.26 Å². The molecule has 4 rings (SSSR count). The number of halogens is 3. The third-order valence-electron chi connectivity index (χ3n) is 4.26. The van der Waals surface area contributed by atoms with Crippen LogP contribution in [0.2, 0.25) is 0 Å². The van der Waals surface area contributed by atoms with Crippen LogP contribution in [0, 0.1) is 18.3 Å². The van der Waals surface area contributed by atoms with Crippen LogP contribution < -0.4 is 5.32 Å². The largest absolute Gasteiger partial charge is 0.416 e. The number of hydrogen-bond donors (Lipinski definition) is 1. The first kappa shape index (κ1) is 18.4. The fourth-order valence-corrected chi connectivity index (χ4v) is 2.86. The Morgan fingerprint density at radius 2 is 1.69 bits per heavy atom. The van der Waals surface area contributed by atoms with E-state index in [0.29, 0.717) is 39.7 Å². The van der Waals surface area contributed by atoms with Crippen molar-refractivity contribution < 1.29 is 13.2 Å². The van der Waals surface area contributed by atoms with Crippen molar-refractivity contribution in [3.05, 3.63) is 71.8 Å². The van der Waals surface area contributed by atoms with Crippen molar-refractivity contribution >= 4 is 22.7 Å². The molecule has 0 fully saturated rings. The summed E-state index contributed by atoms with van der Waals surface area (Å²) in [6.45, 7) is 1.72. The number of imidazole rings is 1. The average Bonchev–Trinajstić information content (AvgIpc) is 3.12. The zero-order valence-corrected chi connectivity index (χ0v) is 15.1. The molecule has 1 N–H and O–H groups in total. The van der Waals surface area contributed by atoms with Gasteiger partial charge >= 0.3 is 6.18 Å². The van der Waals surface area contributed by atoms with Crippen LogP contribution in [-0.2, 0) is 6.18 Å². The van der Waals surface area contributed by atoms with Crippen LogP contribution in [0.1, 0.15) is 17.0 Å². The molecule has 0 spiro atoms. The van der Waals surface area contributed by atoms with E-state index < -0.39 is 11.7 Å². The number of aromatic nitrogens is 4. The number of nitrogens with one attached hydrogen (secondary N) is 1. The van der Waals surface area contributed by atoms with Gasteiger partial charge in [0, 0.05) is 11.4 Å². The average molecular weight is 394 g/mol. The maximum Gasteiger partial charge on any atom is 0.416 e. The molecule has 0 saturated heterocycles. The number of alkyl halides is 3. The smallest absolute Gasteiger partial charge is 0.338 e. The van der Waals surface area contributed by atoms with Gasteiger partial charge in [-0.3, -0.25) is 4.57 Å². The number of aryl methyl sites for hydroxylation is 1. The normalized spacial score (nSPS) is 11.4. The second kappa shape index (κ2) is 6.91. The standard InChI is InChI=1S/C20H13F3N6/c1-12-26-18(28-15-6-2-13(10-24)3-7-15)17-19(27-12)29(11-25-17)16-8-4-14(5-9-16)20(21,22)23/h2-9,11H,1H3,(H,26,27,28). The van der Waals surface area contributed by atoms with Crippen molar-refractivity contribution in [2.24, 2.45) is 0 Å². The van der Waals surface area contributed by atoms with Crippen LogP contribution >= 0.6 is 0 Å². The Bertz CT molecular complexity index is 1220. The topological polar surface area (TPSA) is 79.4 Å². The number of hydrogen-bond acceptors (Lipinski definition) is 5. The lowest BCUT2D eigenvalue weighted by Crippen LogP contribution is -2.05. The summed E-state index contributed by atoms with van der Waals surface area (Å²) in [5.74, 6) is 0.935. The summed E-state index contributed by atoms with van der Waals surface area (Å²) >= 11 is 0. The molecule has 0 saturated carbocycles. The van der Waals surface area contributed by atoms with Gasteiger partial charge in [0.05, 0.1) is 17.2 Å². The van der Waals surface area contributed by atoms with Gasteiger partial charge in [-0.25, -0.2) is 15.0 Å². The van der Waals surface area contributed by atoms with E-state index in [1.165, 1.54) is 18.5 Å². The Morgan fingerprint density at radius 1 is 1.00 bits per heavy atom. The monoisotopic (exact) mass is 394 g/mol. The van der Waals surface area contributed by atoms with Gasteiger partial charge in [-0.05, 0) is 55.5 Å². The highest BCUT2D eigenvalue weighted by atomic mass is 19.4. The van der Waals surface area contributed by atoms with Crippen molar-refractivity contribution in [1.82, 2.24) is 19.5 Å². The van der Waals surface area contributed by atoms with Crippen LogP contribution in [0.5, 0.6) is 0 Å². The van der Waals surface area contributed by atoms with E-state index in [0.717, 1.165) is 12.1 Å². The lowest BCUT2D eigenvalue weighted by molar-refractivity contribution is -0.137. The van der Waals surface area contributed by atoms with Crippen molar-refractivity contribution in [2.75, 3.05) is 5.32 Å². The van der Waals surface area contributed by atoms with E-state index >= 15 is 0 Å². The van der Waals surface area contributed by atoms with Gasteiger partial charge < -0.3 is 5.32 Å². The lowest BCUT2D eigenvalue weighted by atomic mass is 10.2. The molecule has 144 valence electrons. The third-order valence-corrected chi connectivity index (χ3v) is 4.26. The number of nitriles is 1. The predicted octanol–water partition coefficient (Wildman–Crippen LogP) is 4.76. The van der Waals surface area contributed by atoms with E-state index in [1.807, 2.05) is 0 Å². The Hall–Kier alpha value is -3.93. The second-order valence-corrected chi connectivity index (χ2v) is 6.26. The molecule has 2 heterocycles. The molecule has 29 heavy (non-hydrogen) atoms. The highest BCUT2D eigenvalue weighted by Crippen LogP contribution is 2.30. The lowest BCUT2D eigenvalue weighted by Gasteiger charge is -2.10. The molecule has 0 unspecified atom stereocenters. The number of anilines is 2. The van der Waals surface area contributed by atoms with E-state index in [2.05, 4.69) is 26.3 Å². The maximum atomic E-state index is 12.8. The minimum atomic E-state index is -4.40. The SMILES string of the molecule is Cc1nc(Nc2ccc(C#N)cc2)c2ncn(-c3ccc(C(F)(F)F)cc3)c2n1. The Labute approximate surface area is 163 Å². The zero-order chi connectivity index (χ0) is 20.6. The molecule has 0 aliphatic rings. The van der Waals surface area contributed by atoms with Crippen LogP contribution in [0.3, 0.4) is 0 Å². The molecule has 6 nitrogen and oxygen atoms in total. The molecule has 4 aromatic rings. The van der Waals surface area contributed by atoms with E-state index in [1.54, 1.807) is 35.8 Å². The molecule has 0 bridgehead atoms. The predicted molar refractivity (Wildman–Crippen MR) is 101 cm³/mol. The Morgan fingerprint density at radius 3 is 2.31 bits per heavy atom. The van der Waals surface area contributed by atoms with Gasteiger partial charge in [-0.2, -0.15) is 18.4 Å². The zero-order valence-electron chi connectivity index (χ0n) is 15.1. The molecule has 0 amide bonds. The molecule has 2 aromatic heterocycles. The summed E-state index contributed by atoms with van der Waals surface area (Å²) < 4.78 is 40.0. The van der Waals surface area contributed by atoms with Crippen molar-refractivity contribution in [1.29, 1.82) is 5.26 Å². The highest BCUT2D eigenvalue weighted by molar-refractivity contribution is 5.86. The summed E-state index contributed by atoms with van der Waals surface area (Å²) in [7, 11) is 0. The Balaban J connectivity index is 1.74. The minimum absolute atomic E-state index is 0.461. The van der Waals surface area contributed by atoms with E-state index in [-0.39, 0.29) is 0 Å². The van der Waals surface area contributed by atoms with Gasteiger partial charge in [0.1, 0.15) is 12.2 Å². The fraction of sp³-hybridized carbons (Fsp3) is 0.100. The van der Waals surface area contributed by atoms with Gasteiger partial charge in [-0.1, -0.05) is 0 Å². The van der Waals surface area contributed by atoms with Gasteiger partial charge in [0.2, 0.25) is 0 Å². The summed E-state index contributed by atoms with van der Waals surface area (Å²) in [4.78, 5) is 13.1. The third kappa shape index (κ3) is 3.60. The quantitative estimate of drug-likeness (QED) is 0.542. The second-order valence-electron chi connectivity index (χ2n) is 6.26. The molecular weight excluding hydrogens is 381 g/mol. The highest BCUT2D eigenvalue weighted by Gasteiger charge is 2.30. The summed E-state index contributed by atoms with van der Waals surface area (Å²) in [5.41, 5.74) is 1.97. The van der Waals surface area contributed by atoms with Crippen LogP contribution in [0.15, 0.2) is 54.9 Å². The molecule has 0 radical (unpaired) electrons. The van der Waals surface area contributed by atoms with Crippen molar-refractivity contribution in [3.8, 4) is 11.8 Å². The number of fused-ring (bicyclic) bond motifs is 1.